The fraction of sp³-hybridized carbons (Fsp3) is 0.0328. The Labute approximate surface area is 766 Å². The number of rotatable bonds is 17. The molecule has 0 spiro atoms. The lowest BCUT2D eigenvalue weighted by Gasteiger charge is -2.46. The van der Waals surface area contributed by atoms with Gasteiger partial charge in [-0.2, -0.15) is 0 Å². The van der Waals surface area contributed by atoms with Crippen molar-refractivity contribution in [2.75, 3.05) is 9.80 Å². The highest BCUT2D eigenvalue weighted by Gasteiger charge is 2.48. The van der Waals surface area contributed by atoms with E-state index in [1.807, 2.05) is 0 Å². The van der Waals surface area contributed by atoms with Gasteiger partial charge in [-0.3, -0.25) is 9.97 Å². The maximum Gasteiger partial charge on any atom is 0.252 e. The number of pyridine rings is 2. The number of hydrogen-bond acceptors (Lipinski definition) is 4. The van der Waals surface area contributed by atoms with Crippen LogP contribution in [0.15, 0.2) is 486 Å². The fourth-order valence-corrected chi connectivity index (χ4v) is 31.4. The zero-order chi connectivity index (χ0) is 87.3. The van der Waals surface area contributed by atoms with Crippen molar-refractivity contribution in [2.24, 2.45) is 0 Å². The van der Waals surface area contributed by atoms with E-state index in [2.05, 4.69) is 526 Å². The predicted molar refractivity (Wildman–Crippen MR) is 558 cm³/mol. The summed E-state index contributed by atoms with van der Waals surface area (Å²) in [4.78, 5) is 15.9. The molecule has 618 valence electrons. The van der Waals surface area contributed by atoms with Crippen LogP contribution >= 0.6 is 0 Å². The van der Waals surface area contributed by atoms with Crippen LogP contribution in [0.4, 0.5) is 34.1 Å². The van der Waals surface area contributed by atoms with E-state index in [0.29, 0.717) is 0 Å². The van der Waals surface area contributed by atoms with Gasteiger partial charge in [-0.25, -0.2) is 0 Å². The molecule has 9 heteroatoms. The summed E-state index contributed by atoms with van der Waals surface area (Å²) in [5, 5.41) is 15.4. The Morgan fingerprint density at radius 3 is 0.832 bits per heavy atom. The van der Waals surface area contributed by atoms with E-state index in [4.69, 9.17) is 9.97 Å². The summed E-state index contributed by atoms with van der Waals surface area (Å²) in [6.07, 6.45) is 8.41. The highest BCUT2D eigenvalue weighted by molar-refractivity contribution is 7.20. The van der Waals surface area contributed by atoms with Crippen molar-refractivity contribution in [3.63, 3.8) is 0 Å². The maximum absolute atomic E-state index is 5.30. The van der Waals surface area contributed by atoms with Gasteiger partial charge < -0.3 is 18.9 Å². The Bertz CT molecular complexity index is 7340. The van der Waals surface area contributed by atoms with E-state index in [-0.39, 0.29) is 12.1 Å². The van der Waals surface area contributed by atoms with Gasteiger partial charge in [0.1, 0.15) is 0 Å². The molecule has 0 fully saturated rings. The van der Waals surface area contributed by atoms with Gasteiger partial charge >= 0.3 is 0 Å². The maximum atomic E-state index is 5.30. The Morgan fingerprint density at radius 1 is 0.229 bits per heavy atom. The minimum Gasteiger partial charge on any atom is -0.310 e. The van der Waals surface area contributed by atoms with E-state index in [1.165, 1.54) is 74.1 Å². The van der Waals surface area contributed by atoms with Crippen LogP contribution in [0.2, 0.25) is 0 Å². The molecule has 0 N–H and O–H groups in total. The van der Waals surface area contributed by atoms with Gasteiger partial charge in [-0.05, 0) is 163 Å². The second-order valence-electron chi connectivity index (χ2n) is 35.8. The lowest BCUT2D eigenvalue weighted by Crippen LogP contribution is -2.74. The van der Waals surface area contributed by atoms with E-state index in [0.717, 1.165) is 134 Å². The van der Waals surface area contributed by atoms with Crippen LogP contribution in [-0.2, 0) is 5.41 Å². The topological polar surface area (TPSA) is 42.1 Å². The SMILES string of the molecule is CC(C)(C)c1ccc(-c2cc3c4c(c2)N(c2c(-c5ccccc5)cncc2-c2ccccc2)c2cc(-n5c6ccccc6c6cc([Si](c7ccccc7)(c7ccccc7)c7ccccc7)ccc65)ccc2B4c2ccc(-n4c5ccccc5c5cc([Si](c6ccccc6)(c6ccccc6)c6ccccc6)ccc54)cc2N3c2c(-c3ccccc3)cncc2-c2ccccc2)cc1. The summed E-state index contributed by atoms with van der Waals surface area (Å²) in [5.41, 5.74) is 27.8. The molecule has 4 aromatic heterocycles. The normalized spacial score (nSPS) is 12.5. The van der Waals surface area contributed by atoms with Crippen LogP contribution in [0.25, 0.3) is 111 Å². The van der Waals surface area contributed by atoms with E-state index >= 15 is 0 Å². The number of hydrogen-bond donors (Lipinski definition) is 0. The summed E-state index contributed by atoms with van der Waals surface area (Å²) in [5.74, 6) is 0. The number of para-hydroxylation sites is 2. The van der Waals surface area contributed by atoms with Gasteiger partial charge in [-0.15, -0.1) is 0 Å². The van der Waals surface area contributed by atoms with E-state index in [1.54, 1.807) is 0 Å². The van der Waals surface area contributed by atoms with Gasteiger partial charge in [-0.1, -0.05) is 421 Å². The van der Waals surface area contributed by atoms with Gasteiger partial charge in [0.15, 0.2) is 16.1 Å². The zero-order valence-corrected chi connectivity index (χ0v) is 74.9. The molecule has 2 aliphatic rings. The molecule has 0 aliphatic carbocycles. The van der Waals surface area contributed by atoms with Crippen molar-refractivity contribution in [1.82, 2.24) is 19.1 Å². The molecular weight excluding hydrogens is 1620 g/mol. The number of benzene rings is 18. The van der Waals surface area contributed by atoms with Crippen LogP contribution < -0.4 is 67.7 Å². The highest BCUT2D eigenvalue weighted by atomic mass is 28.3. The Balaban J connectivity index is 0.819. The first-order chi connectivity index (χ1) is 64.7. The summed E-state index contributed by atoms with van der Waals surface area (Å²) in [6, 6.07) is 174. The molecule has 0 radical (unpaired) electrons. The molecule has 0 atom stereocenters. The highest BCUT2D eigenvalue weighted by Crippen LogP contribution is 2.54. The number of nitrogens with zero attached hydrogens (tertiary/aromatic N) is 6. The van der Waals surface area contributed by atoms with Gasteiger partial charge in [0.25, 0.3) is 6.71 Å². The summed E-state index contributed by atoms with van der Waals surface area (Å²) < 4.78 is 5.09. The molecule has 0 bridgehead atoms. The lowest BCUT2D eigenvalue weighted by molar-refractivity contribution is 0.590. The monoisotopic (exact) mass is 1700 g/mol. The molecule has 131 heavy (non-hydrogen) atoms. The minimum absolute atomic E-state index is 0.106. The number of aromatic nitrogens is 4. The van der Waals surface area contributed by atoms with Crippen LogP contribution in [0.1, 0.15) is 26.3 Å². The molecule has 6 heterocycles. The van der Waals surface area contributed by atoms with Gasteiger partial charge in [0, 0.05) is 103 Å². The average molecular weight is 1710 g/mol. The quantitative estimate of drug-likeness (QED) is 0.0673. The van der Waals surface area contributed by atoms with E-state index < -0.39 is 16.1 Å². The molecule has 0 unspecified atom stereocenters. The van der Waals surface area contributed by atoms with Crippen LogP contribution in [0, 0.1) is 0 Å². The van der Waals surface area contributed by atoms with Crippen molar-refractivity contribution in [1.29, 1.82) is 0 Å². The molecule has 18 aromatic carbocycles. The van der Waals surface area contributed by atoms with Crippen LogP contribution in [-0.4, -0.2) is 42.0 Å². The second-order valence-corrected chi connectivity index (χ2v) is 43.5. The zero-order valence-electron chi connectivity index (χ0n) is 72.9. The van der Waals surface area contributed by atoms with Gasteiger partial charge in [0.05, 0.1) is 33.4 Å². The lowest BCUT2D eigenvalue weighted by atomic mass is 9.33. The molecule has 0 saturated carbocycles. The summed E-state index contributed by atoms with van der Waals surface area (Å²) in [7, 11) is -6.01. The first-order valence-electron chi connectivity index (χ1n) is 45.4. The fourth-order valence-electron chi connectivity index (χ4n) is 21.9. The molecule has 22 aromatic rings. The third kappa shape index (κ3) is 12.8. The van der Waals surface area contributed by atoms with Gasteiger partial charge in [0.2, 0.25) is 0 Å². The van der Waals surface area contributed by atoms with Crippen molar-refractivity contribution in [2.45, 2.75) is 26.2 Å². The first-order valence-corrected chi connectivity index (χ1v) is 49.4. The smallest absolute Gasteiger partial charge is 0.252 e. The van der Waals surface area contributed by atoms with Crippen LogP contribution in [0.5, 0.6) is 0 Å². The third-order valence-corrected chi connectivity index (χ3v) is 37.3. The third-order valence-electron chi connectivity index (χ3n) is 27.7. The largest absolute Gasteiger partial charge is 0.310 e. The Morgan fingerprint density at radius 2 is 0.519 bits per heavy atom. The molecule has 0 saturated heterocycles. The van der Waals surface area contributed by atoms with Crippen molar-refractivity contribution < 1.29 is 0 Å². The Kier molecular flexibility index (Phi) is 19.2. The predicted octanol–water partition coefficient (Wildman–Crippen LogP) is 23.1. The Hall–Kier alpha value is -16.0. The molecule has 0 amide bonds. The van der Waals surface area contributed by atoms with Crippen molar-refractivity contribution >= 4 is 158 Å². The van der Waals surface area contributed by atoms with Crippen LogP contribution in [0.3, 0.4) is 0 Å². The standard InChI is InChI=1S/C122H89BN6Si2/c1-122(2,3)90-64-62-84(63-65-90)89-74-117-119-118(75-89)129(121-107(87-42-18-6-19-43-87)82-125-83-108(121)88-44-20-7-21-45-88)116-77-92(127-112-61-37-35-59-102(112)104-79-100(69-73-114(104)127)131(96-52-28-11-29-53-96,97-54-30-12-31-55-97)98-56-32-13-33-57-98)67-71-110(116)123(119)109-70-66-91(76-115(109)128(117)120-105(85-38-14-4-15-39-85)80-124-81-106(120)86-40-16-5-17-41-86)126-111-60-36-34-58-101(111)103-78-99(68-72-113(103)126)130(93-46-22-8-23-47-93,94-48-24-9-25-49-94)95-50-26-10-27-51-95/h4-83H,1-3H3. The van der Waals surface area contributed by atoms with Crippen molar-refractivity contribution in [3.8, 4) is 67.0 Å². The minimum atomic E-state index is -3.00. The average Bonchev–Trinajstić information content (AvgIpc) is 1.34. The molecule has 24 rings (SSSR count). The number of anilines is 6. The summed E-state index contributed by atoms with van der Waals surface area (Å²) >= 11 is 0. The van der Waals surface area contributed by atoms with Crippen molar-refractivity contribution in [3.05, 3.63) is 491 Å². The first kappa shape index (κ1) is 78.4. The second kappa shape index (κ2) is 32.1. The van der Waals surface area contributed by atoms with E-state index in [9.17, 15) is 0 Å². The molecule has 2 aliphatic heterocycles. The number of fused-ring (bicyclic) bond motifs is 10. The molecular formula is C122H89BN6Si2. The summed E-state index contributed by atoms with van der Waals surface area (Å²) in [6.45, 7) is 6.57. The molecule has 6 nitrogen and oxygen atoms in total.